The van der Waals surface area contributed by atoms with E-state index in [-0.39, 0.29) is 17.9 Å². The third kappa shape index (κ3) is 4.13. The first-order valence-electron chi connectivity index (χ1n) is 8.46. The summed E-state index contributed by atoms with van der Waals surface area (Å²) in [5.74, 6) is -0.0673. The number of nitrogens with zero attached hydrogens (tertiary/aromatic N) is 2. The number of halogens is 2. The second-order valence-electron chi connectivity index (χ2n) is 6.84. The van der Waals surface area contributed by atoms with Gasteiger partial charge in [-0.1, -0.05) is 29.3 Å². The lowest BCUT2D eigenvalue weighted by atomic mass is 9.97. The average molecular weight is 405 g/mol. The van der Waals surface area contributed by atoms with E-state index < -0.39 is 10.0 Å². The van der Waals surface area contributed by atoms with Crippen LogP contribution in [0.5, 0.6) is 0 Å². The highest BCUT2D eigenvalue weighted by Crippen LogP contribution is 2.32. The van der Waals surface area contributed by atoms with Gasteiger partial charge in [-0.25, -0.2) is 12.7 Å². The third-order valence-electron chi connectivity index (χ3n) is 5.13. The molecule has 0 N–H and O–H groups in total. The third-order valence-corrected chi connectivity index (χ3v) is 7.11. The Morgan fingerprint density at radius 2 is 1.84 bits per heavy atom. The maximum Gasteiger partial charge on any atom is 0.226 e. The van der Waals surface area contributed by atoms with Crippen molar-refractivity contribution in [3.63, 3.8) is 0 Å². The SMILES string of the molecule is CS(=O)(=O)N1CCCC(N2CCC(Cc3c(Cl)cccc3Cl)C2=O)C1. The Kier molecular flexibility index (Phi) is 5.63. The first-order chi connectivity index (χ1) is 11.8. The molecule has 0 saturated carbocycles. The van der Waals surface area contributed by atoms with Crippen LogP contribution in [0.4, 0.5) is 0 Å². The summed E-state index contributed by atoms with van der Waals surface area (Å²) in [5.41, 5.74) is 0.812. The second kappa shape index (κ2) is 7.43. The Bertz CT molecular complexity index is 749. The molecule has 2 aliphatic heterocycles. The van der Waals surface area contributed by atoms with Crippen LogP contribution >= 0.6 is 23.2 Å². The minimum absolute atomic E-state index is 0.0392. The van der Waals surface area contributed by atoms with E-state index in [1.807, 2.05) is 4.90 Å². The van der Waals surface area contributed by atoms with Crippen molar-refractivity contribution in [3.8, 4) is 0 Å². The maximum atomic E-state index is 12.9. The van der Waals surface area contributed by atoms with Crippen molar-refractivity contribution in [3.05, 3.63) is 33.8 Å². The van der Waals surface area contributed by atoms with Crippen molar-refractivity contribution >= 4 is 39.1 Å². The minimum Gasteiger partial charge on any atom is -0.338 e. The number of likely N-dealkylation sites (tertiary alicyclic amines) is 1. The van der Waals surface area contributed by atoms with Gasteiger partial charge in [-0.05, 0) is 43.4 Å². The monoisotopic (exact) mass is 404 g/mol. The van der Waals surface area contributed by atoms with E-state index >= 15 is 0 Å². The summed E-state index contributed by atoms with van der Waals surface area (Å²) in [4.78, 5) is 14.7. The molecule has 3 rings (SSSR count). The highest BCUT2D eigenvalue weighted by atomic mass is 35.5. The minimum atomic E-state index is -3.22. The fourth-order valence-corrected chi connectivity index (χ4v) is 5.22. The molecular formula is C17H22Cl2N2O3S. The summed E-state index contributed by atoms with van der Waals surface area (Å²) in [6.07, 6.45) is 4.12. The Morgan fingerprint density at radius 3 is 2.48 bits per heavy atom. The van der Waals surface area contributed by atoms with E-state index in [0.29, 0.717) is 36.1 Å². The van der Waals surface area contributed by atoms with Crippen LogP contribution in [0.25, 0.3) is 0 Å². The van der Waals surface area contributed by atoms with Gasteiger partial charge in [0.25, 0.3) is 0 Å². The number of rotatable bonds is 4. The predicted molar refractivity (Wildman–Crippen MR) is 99.4 cm³/mol. The molecule has 1 aromatic carbocycles. The fraction of sp³-hybridized carbons (Fsp3) is 0.588. The molecule has 1 aromatic rings. The van der Waals surface area contributed by atoms with Gasteiger partial charge in [-0.3, -0.25) is 4.79 Å². The molecule has 2 atom stereocenters. The van der Waals surface area contributed by atoms with Gasteiger partial charge >= 0.3 is 0 Å². The Labute approximate surface area is 158 Å². The van der Waals surface area contributed by atoms with Crippen molar-refractivity contribution in [1.29, 1.82) is 0 Å². The van der Waals surface area contributed by atoms with Crippen molar-refractivity contribution < 1.29 is 13.2 Å². The number of hydrogen-bond acceptors (Lipinski definition) is 3. The number of amides is 1. The van der Waals surface area contributed by atoms with E-state index in [0.717, 1.165) is 24.8 Å². The number of benzene rings is 1. The normalized spacial score (nSPS) is 25.6. The van der Waals surface area contributed by atoms with Crippen LogP contribution in [0, 0.1) is 5.92 Å². The molecule has 2 heterocycles. The van der Waals surface area contributed by atoms with Gasteiger partial charge in [-0.15, -0.1) is 0 Å². The summed E-state index contributed by atoms with van der Waals surface area (Å²) in [6, 6.07) is 5.32. The van der Waals surface area contributed by atoms with Gasteiger partial charge in [0.1, 0.15) is 0 Å². The summed E-state index contributed by atoms with van der Waals surface area (Å²) >= 11 is 12.5. The first kappa shape index (κ1) is 19.0. The quantitative estimate of drug-likeness (QED) is 0.774. The molecule has 25 heavy (non-hydrogen) atoms. The van der Waals surface area contributed by atoms with Gasteiger partial charge in [0.2, 0.25) is 15.9 Å². The number of sulfonamides is 1. The number of carbonyl (C=O) groups is 1. The molecule has 5 nitrogen and oxygen atoms in total. The van der Waals surface area contributed by atoms with Gasteiger partial charge in [-0.2, -0.15) is 0 Å². The predicted octanol–water partition coefficient (Wildman–Crippen LogP) is 2.81. The molecule has 8 heteroatoms. The van der Waals surface area contributed by atoms with E-state index in [2.05, 4.69) is 0 Å². The molecule has 1 amide bonds. The zero-order chi connectivity index (χ0) is 18.2. The summed E-state index contributed by atoms with van der Waals surface area (Å²) in [5, 5.41) is 1.17. The van der Waals surface area contributed by atoms with Gasteiger partial charge in [0.15, 0.2) is 0 Å². The van der Waals surface area contributed by atoms with Crippen LogP contribution in [0.15, 0.2) is 18.2 Å². The van der Waals surface area contributed by atoms with Crippen LogP contribution in [0.2, 0.25) is 10.0 Å². The molecule has 2 aliphatic rings. The van der Waals surface area contributed by atoms with Gasteiger partial charge < -0.3 is 4.90 Å². The molecule has 0 radical (unpaired) electrons. The molecule has 138 valence electrons. The summed E-state index contributed by atoms with van der Waals surface area (Å²) in [6.45, 7) is 1.59. The van der Waals surface area contributed by atoms with E-state index in [1.54, 1.807) is 18.2 Å². The second-order valence-corrected chi connectivity index (χ2v) is 9.64. The molecule has 2 saturated heterocycles. The fourth-order valence-electron chi connectivity index (χ4n) is 3.77. The molecule has 2 unspecified atom stereocenters. The van der Waals surface area contributed by atoms with Crippen molar-refractivity contribution in [1.82, 2.24) is 9.21 Å². The molecule has 0 aromatic heterocycles. The van der Waals surface area contributed by atoms with E-state index in [1.165, 1.54) is 10.6 Å². The lowest BCUT2D eigenvalue weighted by Gasteiger charge is -2.36. The Hall–Kier alpha value is -0.820. The largest absolute Gasteiger partial charge is 0.338 e. The Balaban J connectivity index is 1.70. The van der Waals surface area contributed by atoms with E-state index in [4.69, 9.17) is 23.2 Å². The number of piperidine rings is 1. The number of hydrogen-bond donors (Lipinski definition) is 0. The van der Waals surface area contributed by atoms with Crippen LogP contribution in [-0.4, -0.2) is 55.5 Å². The van der Waals surface area contributed by atoms with Gasteiger partial charge in [0, 0.05) is 41.6 Å². The zero-order valence-corrected chi connectivity index (χ0v) is 16.4. The lowest BCUT2D eigenvalue weighted by molar-refractivity contribution is -0.133. The molecule has 0 bridgehead atoms. The molecule has 0 aliphatic carbocycles. The summed E-state index contributed by atoms with van der Waals surface area (Å²) < 4.78 is 25.1. The maximum absolute atomic E-state index is 12.9. The first-order valence-corrected chi connectivity index (χ1v) is 11.1. The van der Waals surface area contributed by atoms with Crippen molar-refractivity contribution in [2.24, 2.45) is 5.92 Å². The topological polar surface area (TPSA) is 57.7 Å². The van der Waals surface area contributed by atoms with E-state index in [9.17, 15) is 13.2 Å². The summed E-state index contributed by atoms with van der Waals surface area (Å²) in [7, 11) is -3.22. The van der Waals surface area contributed by atoms with Crippen molar-refractivity contribution in [2.75, 3.05) is 25.9 Å². The van der Waals surface area contributed by atoms with Crippen molar-refractivity contribution in [2.45, 2.75) is 31.7 Å². The van der Waals surface area contributed by atoms with Crippen LogP contribution < -0.4 is 0 Å². The highest BCUT2D eigenvalue weighted by Gasteiger charge is 2.39. The standard InChI is InChI=1S/C17H22Cl2N2O3S/c1-25(23,24)20-8-3-4-13(11-20)21-9-7-12(17(21)22)10-14-15(18)5-2-6-16(14)19/h2,5-6,12-13H,3-4,7-11H2,1H3. The van der Waals surface area contributed by atoms with Crippen LogP contribution in [-0.2, 0) is 21.2 Å². The zero-order valence-electron chi connectivity index (χ0n) is 14.1. The smallest absolute Gasteiger partial charge is 0.226 e. The highest BCUT2D eigenvalue weighted by molar-refractivity contribution is 7.88. The molecule has 2 fully saturated rings. The van der Waals surface area contributed by atoms with Crippen LogP contribution in [0.1, 0.15) is 24.8 Å². The average Bonchev–Trinajstić information content (AvgIpc) is 2.91. The van der Waals surface area contributed by atoms with Crippen LogP contribution in [0.3, 0.4) is 0 Å². The number of carbonyl (C=O) groups excluding carboxylic acids is 1. The molecule has 0 spiro atoms. The Morgan fingerprint density at radius 1 is 1.16 bits per heavy atom. The molecular weight excluding hydrogens is 383 g/mol. The van der Waals surface area contributed by atoms with Gasteiger partial charge in [0.05, 0.1) is 6.26 Å². The lowest BCUT2D eigenvalue weighted by Crippen LogP contribution is -2.50.